The van der Waals surface area contributed by atoms with E-state index in [-0.39, 0.29) is 11.6 Å². The smallest absolute Gasteiger partial charge is 0.281 e. The van der Waals surface area contributed by atoms with E-state index in [9.17, 15) is 74.3 Å². The summed E-state index contributed by atoms with van der Waals surface area (Å²) in [6.45, 7) is 1.11. The first kappa shape index (κ1) is 30.5. The summed E-state index contributed by atoms with van der Waals surface area (Å²) in [5.41, 5.74) is -0.0598. The summed E-state index contributed by atoms with van der Waals surface area (Å²) in [5.74, 6) is -43.2. The lowest BCUT2D eigenvalue weighted by atomic mass is 9.94. The minimum Gasteiger partial charge on any atom is -0.281 e. The third-order valence-electron chi connectivity index (χ3n) is 3.96. The molecule has 0 unspecified atom stereocenters. The molecule has 34 heavy (non-hydrogen) atoms. The Hall–Kier alpha value is -1.57. The third-order valence-corrected chi connectivity index (χ3v) is 5.93. The molecular weight excluding hydrogens is 565 g/mol. The van der Waals surface area contributed by atoms with Crippen LogP contribution in [0.2, 0.25) is 0 Å². The van der Waals surface area contributed by atoms with Crippen LogP contribution >= 0.6 is 11.8 Å². The molecule has 1 aromatic rings. The lowest BCUT2D eigenvalue weighted by Crippen LogP contribution is -2.73. The number of halogens is 15. The van der Waals surface area contributed by atoms with Crippen molar-refractivity contribution in [2.75, 3.05) is 0 Å². The molecule has 0 aliphatic carbocycles. The van der Waals surface area contributed by atoms with Crippen molar-refractivity contribution in [1.29, 1.82) is 0 Å². The molecule has 0 aliphatic heterocycles. The standard InChI is InChI=1S/C14H7F15O3S2/c1-5-2-3-7(6(15)4-5)33-13(26,27)11(22,23)9(18,19)8(16,17)10(20,21)12(24,25)14(28,29)34(30,31)32/h2-4H,1H3,(H,30,31,32). The molecule has 0 saturated carbocycles. The van der Waals surface area contributed by atoms with Crippen molar-refractivity contribution >= 4 is 21.9 Å². The van der Waals surface area contributed by atoms with Crippen LogP contribution in [0.1, 0.15) is 5.56 Å². The Kier molecular flexibility index (Phi) is 7.38. The molecule has 0 fully saturated rings. The van der Waals surface area contributed by atoms with E-state index in [1.165, 1.54) is 0 Å². The van der Waals surface area contributed by atoms with Crippen molar-refractivity contribution in [2.24, 2.45) is 0 Å². The maximum Gasteiger partial charge on any atom is 0.438 e. The van der Waals surface area contributed by atoms with E-state index in [0.29, 0.717) is 6.07 Å². The summed E-state index contributed by atoms with van der Waals surface area (Å²) in [5, 5.41) is -14.4. The molecule has 198 valence electrons. The maximum absolute atomic E-state index is 13.8. The lowest BCUT2D eigenvalue weighted by molar-refractivity contribution is -0.428. The number of thioether (sulfide) groups is 1. The number of aryl methyl sites for hydroxylation is 1. The molecule has 0 radical (unpaired) electrons. The highest BCUT2D eigenvalue weighted by Gasteiger charge is 2.94. The van der Waals surface area contributed by atoms with Crippen molar-refractivity contribution in [2.45, 2.75) is 51.9 Å². The van der Waals surface area contributed by atoms with Crippen molar-refractivity contribution in [1.82, 2.24) is 0 Å². The fraction of sp³-hybridized carbons (Fsp3) is 0.571. The SMILES string of the molecule is Cc1ccc(SC(F)(F)C(F)(F)C(F)(F)C(F)(F)C(F)(F)C(F)(F)C(F)(F)S(=O)(=O)O)c(F)c1. The Balaban J connectivity index is 3.64. The molecule has 3 nitrogen and oxygen atoms in total. The molecule has 1 rings (SSSR count). The number of benzene rings is 1. The van der Waals surface area contributed by atoms with E-state index in [4.69, 9.17) is 4.55 Å². The molecule has 0 saturated heterocycles. The van der Waals surface area contributed by atoms with E-state index in [2.05, 4.69) is 0 Å². The topological polar surface area (TPSA) is 54.4 Å². The van der Waals surface area contributed by atoms with Gasteiger partial charge < -0.3 is 0 Å². The van der Waals surface area contributed by atoms with Crippen LogP contribution in [0.25, 0.3) is 0 Å². The second-order valence-corrected chi connectivity index (χ2v) is 9.04. The molecular formula is C14H7F15O3S2. The molecule has 20 heteroatoms. The summed E-state index contributed by atoms with van der Waals surface area (Å²) in [6, 6.07) is 1.32. The van der Waals surface area contributed by atoms with Crippen LogP contribution in [0.3, 0.4) is 0 Å². The van der Waals surface area contributed by atoms with Gasteiger partial charge in [0.25, 0.3) is 0 Å². The average Bonchev–Trinajstić information content (AvgIpc) is 2.62. The Morgan fingerprint density at radius 2 is 1.09 bits per heavy atom. The van der Waals surface area contributed by atoms with Gasteiger partial charge in [0.15, 0.2) is 0 Å². The van der Waals surface area contributed by atoms with Gasteiger partial charge in [0.1, 0.15) is 5.82 Å². The van der Waals surface area contributed by atoms with Crippen LogP contribution in [0.5, 0.6) is 0 Å². The fourth-order valence-corrected chi connectivity index (χ4v) is 3.29. The zero-order valence-corrected chi connectivity index (χ0v) is 17.1. The van der Waals surface area contributed by atoms with Gasteiger partial charge in [-0.15, -0.1) is 0 Å². The van der Waals surface area contributed by atoms with Crippen molar-refractivity contribution in [3.63, 3.8) is 0 Å². The zero-order valence-electron chi connectivity index (χ0n) is 15.5. The Morgan fingerprint density at radius 1 is 0.706 bits per heavy atom. The predicted octanol–water partition coefficient (Wildman–Crippen LogP) is 6.48. The molecule has 0 atom stereocenters. The van der Waals surface area contributed by atoms with Crippen LogP contribution in [0.15, 0.2) is 23.1 Å². The molecule has 1 N–H and O–H groups in total. The Bertz CT molecular complexity index is 1040. The largest absolute Gasteiger partial charge is 0.438 e. The lowest BCUT2D eigenvalue weighted by Gasteiger charge is -2.41. The van der Waals surface area contributed by atoms with Crippen LogP contribution < -0.4 is 0 Å². The maximum atomic E-state index is 13.8. The summed E-state index contributed by atoms with van der Waals surface area (Å²) in [6.07, 6.45) is 0. The Labute approximate surface area is 183 Å². The van der Waals surface area contributed by atoms with Crippen LogP contribution in [0.4, 0.5) is 65.9 Å². The van der Waals surface area contributed by atoms with Gasteiger partial charge in [-0.2, -0.15) is 69.9 Å². The highest BCUT2D eigenvalue weighted by Crippen LogP contribution is 2.64. The van der Waals surface area contributed by atoms with E-state index in [1.54, 1.807) is 0 Å². The van der Waals surface area contributed by atoms with E-state index >= 15 is 0 Å². The summed E-state index contributed by atoms with van der Waals surface area (Å²) in [7, 11) is -7.78. The number of hydrogen-bond acceptors (Lipinski definition) is 3. The van der Waals surface area contributed by atoms with Gasteiger partial charge in [-0.3, -0.25) is 4.55 Å². The molecule has 0 heterocycles. The molecule has 0 spiro atoms. The van der Waals surface area contributed by atoms with Gasteiger partial charge in [-0.05, 0) is 36.4 Å². The molecule has 0 bridgehead atoms. The second-order valence-electron chi connectivity index (χ2n) is 6.42. The summed E-state index contributed by atoms with van der Waals surface area (Å²) in [4.78, 5) is -1.63. The summed E-state index contributed by atoms with van der Waals surface area (Å²) < 4.78 is 231. The van der Waals surface area contributed by atoms with E-state index < -0.39 is 72.7 Å². The highest BCUT2D eigenvalue weighted by molar-refractivity contribution is 8.00. The zero-order chi connectivity index (χ0) is 27.6. The predicted molar refractivity (Wildman–Crippen MR) is 83.2 cm³/mol. The number of rotatable bonds is 9. The summed E-state index contributed by atoms with van der Waals surface area (Å²) >= 11 is -1.93. The van der Waals surface area contributed by atoms with Gasteiger partial charge in [0, 0.05) is 4.90 Å². The fourth-order valence-electron chi connectivity index (χ4n) is 2.01. The van der Waals surface area contributed by atoms with Gasteiger partial charge in [0.05, 0.1) is 0 Å². The second kappa shape index (κ2) is 8.24. The van der Waals surface area contributed by atoms with Crippen molar-refractivity contribution < 1.29 is 78.8 Å². The quantitative estimate of drug-likeness (QED) is 0.209. The molecule has 0 aliphatic rings. The van der Waals surface area contributed by atoms with E-state index in [1.807, 2.05) is 0 Å². The first-order valence-electron chi connectivity index (χ1n) is 7.70. The third kappa shape index (κ3) is 4.18. The van der Waals surface area contributed by atoms with Crippen molar-refractivity contribution in [3.8, 4) is 0 Å². The van der Waals surface area contributed by atoms with Crippen LogP contribution in [0, 0.1) is 12.7 Å². The minimum absolute atomic E-state index is 0.0598. The van der Waals surface area contributed by atoms with E-state index in [0.717, 1.165) is 13.0 Å². The van der Waals surface area contributed by atoms with Crippen LogP contribution in [-0.2, 0) is 10.1 Å². The Morgan fingerprint density at radius 3 is 1.47 bits per heavy atom. The minimum atomic E-state index is -8.53. The molecule has 0 amide bonds. The molecule has 1 aromatic carbocycles. The monoisotopic (exact) mass is 572 g/mol. The van der Waals surface area contributed by atoms with Crippen molar-refractivity contribution in [3.05, 3.63) is 29.6 Å². The van der Waals surface area contributed by atoms with Gasteiger partial charge in [-0.25, -0.2) is 4.39 Å². The average molecular weight is 572 g/mol. The molecule has 0 aromatic heterocycles. The van der Waals surface area contributed by atoms with Gasteiger partial charge >= 0.3 is 50.2 Å². The first-order chi connectivity index (χ1) is 14.6. The number of alkyl halides is 14. The van der Waals surface area contributed by atoms with Gasteiger partial charge in [-0.1, -0.05) is 6.07 Å². The van der Waals surface area contributed by atoms with Crippen LogP contribution in [-0.4, -0.2) is 53.1 Å². The van der Waals surface area contributed by atoms with Gasteiger partial charge in [0.2, 0.25) is 0 Å². The highest BCUT2D eigenvalue weighted by atomic mass is 32.2. The normalized spacial score (nSPS) is 15.6. The first-order valence-corrected chi connectivity index (χ1v) is 9.96. The number of hydrogen-bond donors (Lipinski definition) is 1.